The zero-order chi connectivity index (χ0) is 13.8. The Morgan fingerprint density at radius 3 is 2.83 bits per heavy atom. The van der Waals surface area contributed by atoms with E-state index in [1.165, 1.54) is 7.11 Å². The molecule has 0 saturated carbocycles. The molecule has 5 nitrogen and oxygen atoms in total. The van der Waals surface area contributed by atoms with Crippen molar-refractivity contribution in [2.24, 2.45) is 0 Å². The first-order valence-electron chi connectivity index (χ1n) is 5.78. The number of carbonyl (C=O) groups excluding carboxylic acids is 1. The number of halogens is 2. The Morgan fingerprint density at radius 2 is 2.33 bits per heavy atom. The third-order valence-corrected chi connectivity index (χ3v) is 2.78. The Balaban J connectivity index is 2.25. The molecule has 0 aliphatic carbocycles. The molecular formula is C11H19F2NO4. The summed E-state index contributed by atoms with van der Waals surface area (Å²) in [5.41, 5.74) is -0.985. The van der Waals surface area contributed by atoms with Gasteiger partial charge in [0.25, 0.3) is 0 Å². The summed E-state index contributed by atoms with van der Waals surface area (Å²) in [5, 5.41) is 12.7. The second-order valence-corrected chi connectivity index (χ2v) is 4.81. The number of hydrogen-bond donors (Lipinski definition) is 2. The van der Waals surface area contributed by atoms with Crippen molar-refractivity contribution >= 4 is 5.97 Å². The van der Waals surface area contributed by atoms with Gasteiger partial charge in [0.1, 0.15) is 6.10 Å². The quantitative estimate of drug-likeness (QED) is 0.650. The van der Waals surface area contributed by atoms with E-state index in [2.05, 4.69) is 10.1 Å². The molecule has 0 aromatic rings. The molecular weight excluding hydrogens is 248 g/mol. The van der Waals surface area contributed by atoms with Gasteiger partial charge in [-0.15, -0.1) is 0 Å². The molecule has 0 radical (unpaired) electrons. The van der Waals surface area contributed by atoms with Crippen molar-refractivity contribution in [3.63, 3.8) is 0 Å². The Kier molecular flexibility index (Phi) is 5.01. The second kappa shape index (κ2) is 5.90. The van der Waals surface area contributed by atoms with Crippen LogP contribution < -0.4 is 5.32 Å². The minimum Gasteiger partial charge on any atom is -0.456 e. The number of hydrogen-bond acceptors (Lipinski definition) is 5. The molecule has 1 fully saturated rings. The number of carbonyl (C=O) groups is 1. The Labute approximate surface area is 104 Å². The van der Waals surface area contributed by atoms with Crippen molar-refractivity contribution < 1.29 is 28.2 Å². The topological polar surface area (TPSA) is 67.8 Å². The van der Waals surface area contributed by atoms with E-state index in [1.54, 1.807) is 6.92 Å². The molecule has 0 spiro atoms. The molecule has 7 heteroatoms. The highest BCUT2D eigenvalue weighted by molar-refractivity contribution is 5.79. The van der Waals surface area contributed by atoms with Crippen LogP contribution >= 0.6 is 0 Å². The minimum atomic E-state index is -3.38. The summed E-state index contributed by atoms with van der Waals surface area (Å²) in [5.74, 6) is -4.86. The van der Waals surface area contributed by atoms with Crippen molar-refractivity contribution in [3.05, 3.63) is 0 Å². The van der Waals surface area contributed by atoms with E-state index in [0.717, 1.165) is 0 Å². The molecule has 106 valence electrons. The van der Waals surface area contributed by atoms with Crippen LogP contribution in [0, 0.1) is 0 Å². The van der Waals surface area contributed by atoms with E-state index >= 15 is 0 Å². The molecule has 18 heavy (non-hydrogen) atoms. The molecule has 1 rings (SSSR count). The number of methoxy groups -OCH3 is 1. The van der Waals surface area contributed by atoms with Crippen LogP contribution in [-0.2, 0) is 14.3 Å². The highest BCUT2D eigenvalue weighted by Gasteiger charge is 2.50. The van der Waals surface area contributed by atoms with Gasteiger partial charge < -0.3 is 19.9 Å². The molecule has 1 aliphatic rings. The fraction of sp³-hybridized carbons (Fsp3) is 0.909. The number of ether oxygens (including phenoxy) is 2. The first-order chi connectivity index (χ1) is 8.27. The predicted octanol–water partition coefficient (Wildman–Crippen LogP) is 0.314. The average molecular weight is 267 g/mol. The van der Waals surface area contributed by atoms with Gasteiger partial charge >= 0.3 is 11.9 Å². The summed E-state index contributed by atoms with van der Waals surface area (Å²) < 4.78 is 35.1. The molecule has 1 heterocycles. The van der Waals surface area contributed by atoms with Gasteiger partial charge in [-0.3, -0.25) is 0 Å². The maximum absolute atomic E-state index is 12.8. The third kappa shape index (κ3) is 4.47. The van der Waals surface area contributed by atoms with Crippen molar-refractivity contribution in [2.45, 2.75) is 37.4 Å². The summed E-state index contributed by atoms with van der Waals surface area (Å²) in [6, 6.07) is 0. The van der Waals surface area contributed by atoms with Gasteiger partial charge in [0.05, 0.1) is 12.0 Å². The van der Waals surface area contributed by atoms with Crippen LogP contribution in [0.25, 0.3) is 0 Å². The SMILES string of the molecule is COCCC(C)(O)CNCC1CC(F)(F)C(=O)O1. The van der Waals surface area contributed by atoms with Gasteiger partial charge in [0, 0.05) is 33.2 Å². The maximum atomic E-state index is 12.8. The van der Waals surface area contributed by atoms with Crippen molar-refractivity contribution in [3.8, 4) is 0 Å². The standard InChI is InChI=1S/C11H19F2NO4/c1-10(16,3-4-17-2)7-14-6-8-5-11(12,13)9(15)18-8/h8,14,16H,3-7H2,1-2H3. The maximum Gasteiger partial charge on any atom is 0.377 e. The number of nitrogens with one attached hydrogen (secondary N) is 1. The summed E-state index contributed by atoms with van der Waals surface area (Å²) in [6.07, 6.45) is -1.03. The van der Waals surface area contributed by atoms with Crippen LogP contribution in [0.3, 0.4) is 0 Å². The smallest absolute Gasteiger partial charge is 0.377 e. The summed E-state index contributed by atoms with van der Waals surface area (Å²) in [6.45, 7) is 2.35. The first-order valence-corrected chi connectivity index (χ1v) is 5.78. The molecule has 2 N–H and O–H groups in total. The average Bonchev–Trinajstić information content (AvgIpc) is 2.50. The second-order valence-electron chi connectivity index (χ2n) is 4.81. The van der Waals surface area contributed by atoms with Crippen LogP contribution in [0.1, 0.15) is 19.8 Å². The van der Waals surface area contributed by atoms with Gasteiger partial charge in [-0.2, -0.15) is 8.78 Å². The van der Waals surface area contributed by atoms with E-state index in [9.17, 15) is 18.7 Å². The summed E-state index contributed by atoms with van der Waals surface area (Å²) in [4.78, 5) is 10.7. The Hall–Kier alpha value is -0.790. The van der Waals surface area contributed by atoms with E-state index in [1.807, 2.05) is 0 Å². The first kappa shape index (κ1) is 15.3. The van der Waals surface area contributed by atoms with Crippen molar-refractivity contribution in [2.75, 3.05) is 26.8 Å². The highest BCUT2D eigenvalue weighted by Crippen LogP contribution is 2.30. The van der Waals surface area contributed by atoms with Gasteiger partial charge in [-0.05, 0) is 6.92 Å². The predicted molar refractivity (Wildman–Crippen MR) is 59.4 cm³/mol. The van der Waals surface area contributed by atoms with E-state index in [0.29, 0.717) is 13.0 Å². The van der Waals surface area contributed by atoms with Gasteiger partial charge in [0.2, 0.25) is 0 Å². The normalized spacial score (nSPS) is 25.8. The van der Waals surface area contributed by atoms with Gasteiger partial charge in [0.15, 0.2) is 0 Å². The number of aliphatic hydroxyl groups is 1. The van der Waals surface area contributed by atoms with Crippen molar-refractivity contribution in [1.82, 2.24) is 5.32 Å². The molecule has 0 aromatic carbocycles. The van der Waals surface area contributed by atoms with Crippen LogP contribution in [0.15, 0.2) is 0 Å². The third-order valence-electron chi connectivity index (χ3n) is 2.78. The largest absolute Gasteiger partial charge is 0.456 e. The number of rotatable bonds is 7. The van der Waals surface area contributed by atoms with Crippen LogP contribution in [0.2, 0.25) is 0 Å². The lowest BCUT2D eigenvalue weighted by Gasteiger charge is -2.24. The fourth-order valence-corrected chi connectivity index (χ4v) is 1.68. The molecule has 1 saturated heterocycles. The van der Waals surface area contributed by atoms with Crippen LogP contribution in [0.4, 0.5) is 8.78 Å². The lowest BCUT2D eigenvalue weighted by molar-refractivity contribution is -0.159. The van der Waals surface area contributed by atoms with Crippen LogP contribution in [0.5, 0.6) is 0 Å². The molecule has 2 atom stereocenters. The molecule has 0 amide bonds. The van der Waals surface area contributed by atoms with Gasteiger partial charge in [-0.25, -0.2) is 4.79 Å². The molecule has 2 unspecified atom stereocenters. The zero-order valence-corrected chi connectivity index (χ0v) is 10.5. The molecule has 0 aromatic heterocycles. The summed E-state index contributed by atoms with van der Waals surface area (Å²) >= 11 is 0. The number of esters is 1. The Bertz CT molecular complexity index is 297. The molecule has 1 aliphatic heterocycles. The van der Waals surface area contributed by atoms with Crippen molar-refractivity contribution in [1.29, 1.82) is 0 Å². The zero-order valence-electron chi connectivity index (χ0n) is 10.5. The van der Waals surface area contributed by atoms with Crippen LogP contribution in [-0.4, -0.2) is 55.5 Å². The Morgan fingerprint density at radius 1 is 1.67 bits per heavy atom. The molecule has 0 bridgehead atoms. The highest BCUT2D eigenvalue weighted by atomic mass is 19.3. The minimum absolute atomic E-state index is 0.102. The summed E-state index contributed by atoms with van der Waals surface area (Å²) in [7, 11) is 1.53. The van der Waals surface area contributed by atoms with E-state index < -0.39 is 30.0 Å². The van der Waals surface area contributed by atoms with E-state index in [4.69, 9.17) is 4.74 Å². The lowest BCUT2D eigenvalue weighted by atomic mass is 10.0. The van der Waals surface area contributed by atoms with E-state index in [-0.39, 0.29) is 13.1 Å². The number of alkyl halides is 2. The fourth-order valence-electron chi connectivity index (χ4n) is 1.68. The number of cyclic esters (lactones) is 1. The lowest BCUT2D eigenvalue weighted by Crippen LogP contribution is -2.41. The van der Waals surface area contributed by atoms with Gasteiger partial charge in [-0.1, -0.05) is 0 Å². The monoisotopic (exact) mass is 267 g/mol.